The second-order valence-electron chi connectivity index (χ2n) is 6.35. The summed E-state index contributed by atoms with van der Waals surface area (Å²) in [5, 5.41) is 3.01. The SMILES string of the molecule is COc1cccc(CCC(=O)NCCCn2c(C)nc3ccccc32)c1. The largest absolute Gasteiger partial charge is 0.497 e. The zero-order valence-electron chi connectivity index (χ0n) is 15.4. The molecule has 0 saturated carbocycles. The van der Waals surface area contributed by atoms with Crippen LogP contribution in [0.25, 0.3) is 11.0 Å². The van der Waals surface area contributed by atoms with Gasteiger partial charge in [0.15, 0.2) is 0 Å². The number of rotatable bonds is 8. The molecule has 0 bridgehead atoms. The Morgan fingerprint density at radius 1 is 1.19 bits per heavy atom. The van der Waals surface area contributed by atoms with Crippen LogP contribution in [-0.2, 0) is 17.8 Å². The van der Waals surface area contributed by atoms with Crippen LogP contribution in [0.1, 0.15) is 24.2 Å². The fraction of sp³-hybridized carbons (Fsp3) is 0.333. The van der Waals surface area contributed by atoms with Crippen LogP contribution in [0, 0.1) is 6.92 Å². The van der Waals surface area contributed by atoms with E-state index in [0.717, 1.165) is 41.1 Å². The van der Waals surface area contributed by atoms with Crippen molar-refractivity contribution in [3.63, 3.8) is 0 Å². The first-order valence-electron chi connectivity index (χ1n) is 8.99. The fourth-order valence-corrected chi connectivity index (χ4v) is 3.12. The molecule has 0 radical (unpaired) electrons. The molecule has 1 heterocycles. The summed E-state index contributed by atoms with van der Waals surface area (Å²) in [6.07, 6.45) is 2.08. The second kappa shape index (κ2) is 8.52. The van der Waals surface area contributed by atoms with Crippen molar-refractivity contribution in [1.82, 2.24) is 14.9 Å². The summed E-state index contributed by atoms with van der Waals surface area (Å²) in [5.41, 5.74) is 3.28. The zero-order valence-corrected chi connectivity index (χ0v) is 15.4. The van der Waals surface area contributed by atoms with Crippen molar-refractivity contribution in [3.8, 4) is 5.75 Å². The van der Waals surface area contributed by atoms with Crippen molar-refractivity contribution < 1.29 is 9.53 Å². The molecule has 0 atom stereocenters. The third kappa shape index (κ3) is 4.42. The average molecular weight is 351 g/mol. The maximum absolute atomic E-state index is 12.0. The monoisotopic (exact) mass is 351 g/mol. The number of ether oxygens (including phenoxy) is 1. The first kappa shape index (κ1) is 18.0. The first-order valence-corrected chi connectivity index (χ1v) is 8.99. The van der Waals surface area contributed by atoms with Crippen molar-refractivity contribution >= 4 is 16.9 Å². The molecule has 1 amide bonds. The summed E-state index contributed by atoms with van der Waals surface area (Å²) in [6.45, 7) is 3.54. The number of carbonyl (C=O) groups is 1. The molecule has 0 aliphatic heterocycles. The summed E-state index contributed by atoms with van der Waals surface area (Å²) in [6, 6.07) is 16.0. The van der Waals surface area contributed by atoms with E-state index in [4.69, 9.17) is 4.74 Å². The minimum Gasteiger partial charge on any atom is -0.497 e. The lowest BCUT2D eigenvalue weighted by Gasteiger charge is -2.09. The normalized spacial score (nSPS) is 10.8. The molecule has 26 heavy (non-hydrogen) atoms. The Morgan fingerprint density at radius 3 is 2.88 bits per heavy atom. The van der Waals surface area contributed by atoms with Gasteiger partial charge in [-0.1, -0.05) is 24.3 Å². The highest BCUT2D eigenvalue weighted by molar-refractivity contribution is 5.76. The van der Waals surface area contributed by atoms with Crippen LogP contribution in [0.3, 0.4) is 0 Å². The molecule has 0 fully saturated rings. The Hall–Kier alpha value is -2.82. The molecule has 3 aromatic rings. The number of nitrogens with one attached hydrogen (secondary N) is 1. The molecule has 2 aromatic carbocycles. The number of para-hydroxylation sites is 2. The van der Waals surface area contributed by atoms with Gasteiger partial charge >= 0.3 is 0 Å². The molecule has 0 spiro atoms. The third-order valence-corrected chi connectivity index (χ3v) is 4.50. The molecular formula is C21H25N3O2. The molecule has 0 aliphatic rings. The van der Waals surface area contributed by atoms with E-state index in [1.807, 2.05) is 49.4 Å². The number of fused-ring (bicyclic) bond motifs is 1. The van der Waals surface area contributed by atoms with Crippen LogP contribution < -0.4 is 10.1 Å². The summed E-state index contributed by atoms with van der Waals surface area (Å²) in [5.74, 6) is 1.92. The van der Waals surface area contributed by atoms with Crippen LogP contribution in [-0.4, -0.2) is 29.1 Å². The molecule has 0 saturated heterocycles. The van der Waals surface area contributed by atoms with Crippen molar-refractivity contribution in [2.24, 2.45) is 0 Å². The predicted molar refractivity (Wildman–Crippen MR) is 103 cm³/mol. The topological polar surface area (TPSA) is 56.1 Å². The number of amides is 1. The lowest BCUT2D eigenvalue weighted by molar-refractivity contribution is -0.121. The fourth-order valence-electron chi connectivity index (χ4n) is 3.12. The van der Waals surface area contributed by atoms with E-state index >= 15 is 0 Å². The zero-order chi connectivity index (χ0) is 18.4. The van der Waals surface area contributed by atoms with E-state index < -0.39 is 0 Å². The number of benzene rings is 2. The van der Waals surface area contributed by atoms with Crippen molar-refractivity contribution in [1.29, 1.82) is 0 Å². The number of aryl methyl sites for hydroxylation is 3. The number of imidazole rings is 1. The summed E-state index contributed by atoms with van der Waals surface area (Å²) in [7, 11) is 1.65. The number of carbonyl (C=O) groups excluding carboxylic acids is 1. The predicted octanol–water partition coefficient (Wildman–Crippen LogP) is 3.49. The summed E-state index contributed by atoms with van der Waals surface area (Å²) >= 11 is 0. The third-order valence-electron chi connectivity index (χ3n) is 4.50. The van der Waals surface area contributed by atoms with E-state index in [1.54, 1.807) is 7.11 Å². The van der Waals surface area contributed by atoms with E-state index in [1.165, 1.54) is 0 Å². The molecule has 1 aromatic heterocycles. The van der Waals surface area contributed by atoms with Crippen LogP contribution in [0.4, 0.5) is 0 Å². The highest BCUT2D eigenvalue weighted by atomic mass is 16.5. The number of methoxy groups -OCH3 is 1. The smallest absolute Gasteiger partial charge is 0.220 e. The van der Waals surface area contributed by atoms with Crippen molar-refractivity contribution in [2.45, 2.75) is 32.7 Å². The summed E-state index contributed by atoms with van der Waals surface area (Å²) < 4.78 is 7.41. The number of hydrogen-bond acceptors (Lipinski definition) is 3. The van der Waals surface area contributed by atoms with Crippen molar-refractivity contribution in [2.75, 3.05) is 13.7 Å². The lowest BCUT2D eigenvalue weighted by atomic mass is 10.1. The number of nitrogens with zero attached hydrogens (tertiary/aromatic N) is 2. The Labute approximate surface area is 154 Å². The quantitative estimate of drug-likeness (QED) is 0.632. The minimum atomic E-state index is 0.0834. The van der Waals surface area contributed by atoms with Gasteiger partial charge in [-0.3, -0.25) is 4.79 Å². The molecule has 5 heteroatoms. The van der Waals surface area contributed by atoms with Gasteiger partial charge in [0, 0.05) is 19.5 Å². The molecule has 136 valence electrons. The Bertz CT molecular complexity index is 886. The first-order chi connectivity index (χ1) is 12.7. The maximum Gasteiger partial charge on any atom is 0.220 e. The van der Waals surface area contributed by atoms with Crippen molar-refractivity contribution in [3.05, 3.63) is 59.9 Å². The number of hydrogen-bond donors (Lipinski definition) is 1. The van der Waals surface area contributed by atoms with Gasteiger partial charge in [-0.05, 0) is 49.6 Å². The Kier molecular flexibility index (Phi) is 5.89. The molecule has 1 N–H and O–H groups in total. The van der Waals surface area contributed by atoms with E-state index in [9.17, 15) is 4.79 Å². The summed E-state index contributed by atoms with van der Waals surface area (Å²) in [4.78, 5) is 16.6. The van der Waals surface area contributed by atoms with E-state index in [2.05, 4.69) is 20.9 Å². The van der Waals surface area contributed by atoms with E-state index in [0.29, 0.717) is 19.4 Å². The second-order valence-corrected chi connectivity index (χ2v) is 6.35. The molecule has 0 unspecified atom stereocenters. The molecule has 5 nitrogen and oxygen atoms in total. The van der Waals surface area contributed by atoms with Crippen LogP contribution in [0.5, 0.6) is 5.75 Å². The standard InChI is InChI=1S/C21H25N3O2/c1-16-23-19-9-3-4-10-20(19)24(16)14-6-13-22-21(25)12-11-17-7-5-8-18(15-17)26-2/h3-5,7-10,15H,6,11-14H2,1-2H3,(H,22,25). The highest BCUT2D eigenvalue weighted by Gasteiger charge is 2.07. The van der Waals surface area contributed by atoms with Gasteiger partial charge in [-0.15, -0.1) is 0 Å². The maximum atomic E-state index is 12.0. The molecule has 0 aliphatic carbocycles. The minimum absolute atomic E-state index is 0.0834. The molecule has 3 rings (SSSR count). The van der Waals surface area contributed by atoms with Gasteiger partial charge in [-0.25, -0.2) is 4.98 Å². The molecular weight excluding hydrogens is 326 g/mol. The van der Waals surface area contributed by atoms with Gasteiger partial charge in [0.2, 0.25) is 5.91 Å². The average Bonchev–Trinajstić information content (AvgIpc) is 2.99. The van der Waals surface area contributed by atoms with Crippen LogP contribution in [0.2, 0.25) is 0 Å². The Morgan fingerprint density at radius 2 is 2.04 bits per heavy atom. The van der Waals surface area contributed by atoms with Crippen LogP contribution >= 0.6 is 0 Å². The van der Waals surface area contributed by atoms with Crippen LogP contribution in [0.15, 0.2) is 48.5 Å². The van der Waals surface area contributed by atoms with Gasteiger partial charge in [0.25, 0.3) is 0 Å². The number of aromatic nitrogens is 2. The highest BCUT2D eigenvalue weighted by Crippen LogP contribution is 2.16. The van der Waals surface area contributed by atoms with Gasteiger partial charge in [-0.2, -0.15) is 0 Å². The lowest BCUT2D eigenvalue weighted by Crippen LogP contribution is -2.25. The van der Waals surface area contributed by atoms with Gasteiger partial charge in [0.1, 0.15) is 11.6 Å². The Balaban J connectivity index is 1.43. The van der Waals surface area contributed by atoms with E-state index in [-0.39, 0.29) is 5.91 Å². The van der Waals surface area contributed by atoms with Gasteiger partial charge in [0.05, 0.1) is 18.1 Å². The van der Waals surface area contributed by atoms with Gasteiger partial charge < -0.3 is 14.6 Å².